The summed E-state index contributed by atoms with van der Waals surface area (Å²) in [6, 6.07) is 27.7. The first-order valence-corrected chi connectivity index (χ1v) is 15.2. The van der Waals surface area contributed by atoms with Crippen LogP contribution in [0.1, 0.15) is 29.8 Å². The summed E-state index contributed by atoms with van der Waals surface area (Å²) >= 11 is 0. The number of benzene rings is 3. The molecule has 0 unspecified atom stereocenters. The van der Waals surface area contributed by atoms with Crippen molar-refractivity contribution in [1.29, 1.82) is 0 Å². The van der Waals surface area contributed by atoms with Crippen molar-refractivity contribution in [2.45, 2.75) is 39.3 Å². The van der Waals surface area contributed by atoms with Crippen molar-refractivity contribution in [2.24, 2.45) is 0 Å². The third kappa shape index (κ3) is 5.26. The van der Waals surface area contributed by atoms with Gasteiger partial charge in [0.25, 0.3) is 0 Å². The minimum Gasteiger partial charge on any atom is -0.367 e. The average molecular weight is 595 g/mol. The zero-order chi connectivity index (χ0) is 30.5. The molecular formula is C36H31FN8. The molecule has 3 aromatic carbocycles. The molecule has 45 heavy (non-hydrogen) atoms. The van der Waals surface area contributed by atoms with Gasteiger partial charge in [-0.25, -0.2) is 24.3 Å². The maximum absolute atomic E-state index is 15.4. The van der Waals surface area contributed by atoms with Gasteiger partial charge in [-0.3, -0.25) is 0 Å². The number of rotatable bonds is 8. The van der Waals surface area contributed by atoms with E-state index in [9.17, 15) is 0 Å². The first-order valence-electron chi connectivity index (χ1n) is 15.2. The topological polar surface area (TPSA) is 107 Å². The maximum Gasteiger partial charge on any atom is 0.166 e. The van der Waals surface area contributed by atoms with Crippen LogP contribution in [0.5, 0.6) is 0 Å². The Bertz CT molecular complexity index is 2200. The second-order valence-corrected chi connectivity index (χ2v) is 11.7. The number of hydrogen-bond acceptors (Lipinski definition) is 6. The number of aromatic nitrogens is 6. The van der Waals surface area contributed by atoms with Crippen molar-refractivity contribution in [3.63, 3.8) is 0 Å². The number of H-pyrrole nitrogens is 2. The Morgan fingerprint density at radius 2 is 1.36 bits per heavy atom. The molecule has 1 aliphatic carbocycles. The molecule has 4 heterocycles. The zero-order valence-corrected chi connectivity index (χ0v) is 24.9. The maximum atomic E-state index is 15.4. The fraction of sp³-hybridized carbons (Fsp3) is 0.167. The van der Waals surface area contributed by atoms with Crippen LogP contribution in [-0.4, -0.2) is 35.9 Å². The first-order chi connectivity index (χ1) is 22.0. The Labute approximate surface area is 259 Å². The van der Waals surface area contributed by atoms with Gasteiger partial charge >= 0.3 is 0 Å². The molecule has 0 atom stereocenters. The van der Waals surface area contributed by atoms with Crippen molar-refractivity contribution in [1.82, 2.24) is 29.9 Å². The molecule has 0 amide bonds. The number of aryl methyl sites for hydroxylation is 2. The van der Waals surface area contributed by atoms with E-state index in [4.69, 9.17) is 19.9 Å². The van der Waals surface area contributed by atoms with Gasteiger partial charge in [-0.15, -0.1) is 0 Å². The fourth-order valence-corrected chi connectivity index (χ4v) is 5.78. The van der Waals surface area contributed by atoms with Crippen LogP contribution in [0.4, 0.5) is 16.0 Å². The number of anilines is 2. The van der Waals surface area contributed by atoms with Crippen molar-refractivity contribution in [2.75, 3.05) is 10.6 Å². The van der Waals surface area contributed by atoms with Crippen LogP contribution in [0.3, 0.4) is 0 Å². The van der Waals surface area contributed by atoms with Gasteiger partial charge in [0.15, 0.2) is 11.6 Å². The van der Waals surface area contributed by atoms with Gasteiger partial charge in [-0.05, 0) is 67.6 Å². The molecule has 4 N–H and O–H groups in total. The second-order valence-electron chi connectivity index (χ2n) is 11.7. The number of nitrogens with zero attached hydrogens (tertiary/aromatic N) is 4. The quantitative estimate of drug-likeness (QED) is 0.141. The van der Waals surface area contributed by atoms with E-state index in [-0.39, 0.29) is 5.82 Å². The number of fused-ring (bicyclic) bond motifs is 2. The summed E-state index contributed by atoms with van der Waals surface area (Å²) < 4.78 is 15.4. The Hall–Kier alpha value is -5.57. The van der Waals surface area contributed by atoms with Gasteiger partial charge in [0.2, 0.25) is 0 Å². The van der Waals surface area contributed by atoms with Crippen LogP contribution < -0.4 is 10.6 Å². The lowest BCUT2D eigenvalue weighted by Crippen LogP contribution is -2.06. The highest BCUT2D eigenvalue weighted by atomic mass is 19.1. The number of hydrogen-bond donors (Lipinski definition) is 4. The molecule has 1 aliphatic rings. The molecule has 1 fully saturated rings. The number of halogens is 1. The third-order valence-corrected chi connectivity index (χ3v) is 8.18. The summed E-state index contributed by atoms with van der Waals surface area (Å²) in [6.07, 6.45) is 2.22. The largest absolute Gasteiger partial charge is 0.367 e. The number of aromatic amines is 2. The lowest BCUT2D eigenvalue weighted by Gasteiger charge is -2.14. The lowest BCUT2D eigenvalue weighted by molar-refractivity contribution is 0.630. The molecule has 7 aromatic rings. The van der Waals surface area contributed by atoms with Crippen molar-refractivity contribution >= 4 is 33.7 Å². The molecule has 0 saturated heterocycles. The summed E-state index contributed by atoms with van der Waals surface area (Å²) in [5.41, 5.74) is 7.68. The first kappa shape index (κ1) is 27.0. The summed E-state index contributed by atoms with van der Waals surface area (Å²) in [5.74, 6) is 2.11. The summed E-state index contributed by atoms with van der Waals surface area (Å²) in [5, 5.41) is 8.92. The highest BCUT2D eigenvalue weighted by Gasteiger charge is 2.24. The van der Waals surface area contributed by atoms with Gasteiger partial charge in [0.05, 0.1) is 16.3 Å². The molecule has 0 radical (unpaired) electrons. The molecule has 0 bridgehead atoms. The lowest BCUT2D eigenvalue weighted by atomic mass is 9.97. The summed E-state index contributed by atoms with van der Waals surface area (Å²) in [7, 11) is 0. The highest BCUT2D eigenvalue weighted by molar-refractivity contribution is 5.91. The van der Waals surface area contributed by atoms with Gasteiger partial charge < -0.3 is 20.6 Å². The van der Waals surface area contributed by atoms with Crippen LogP contribution in [0.15, 0.2) is 84.9 Å². The normalized spacial score (nSPS) is 13.0. The molecule has 222 valence electrons. The highest BCUT2D eigenvalue weighted by Crippen LogP contribution is 2.34. The molecule has 0 aliphatic heterocycles. The third-order valence-electron chi connectivity index (χ3n) is 8.18. The molecule has 9 heteroatoms. The van der Waals surface area contributed by atoms with Gasteiger partial charge in [-0.2, -0.15) is 0 Å². The van der Waals surface area contributed by atoms with E-state index < -0.39 is 0 Å². The van der Waals surface area contributed by atoms with E-state index in [0.29, 0.717) is 35.4 Å². The van der Waals surface area contributed by atoms with E-state index in [1.54, 1.807) is 0 Å². The van der Waals surface area contributed by atoms with Gasteiger partial charge in [0, 0.05) is 29.5 Å². The molecule has 4 aromatic heterocycles. The smallest absolute Gasteiger partial charge is 0.166 e. The Morgan fingerprint density at radius 3 is 2.11 bits per heavy atom. The van der Waals surface area contributed by atoms with Crippen LogP contribution in [0.25, 0.3) is 56.0 Å². The van der Waals surface area contributed by atoms with E-state index in [1.165, 1.54) is 6.07 Å². The van der Waals surface area contributed by atoms with E-state index >= 15 is 4.39 Å². The second kappa shape index (κ2) is 10.9. The zero-order valence-electron chi connectivity index (χ0n) is 24.9. The molecule has 8 nitrogen and oxygen atoms in total. The van der Waals surface area contributed by atoms with Crippen LogP contribution in [0.2, 0.25) is 0 Å². The van der Waals surface area contributed by atoms with Crippen LogP contribution in [0, 0.1) is 19.7 Å². The fourth-order valence-electron chi connectivity index (χ4n) is 5.78. The van der Waals surface area contributed by atoms with Crippen molar-refractivity contribution < 1.29 is 4.39 Å². The summed E-state index contributed by atoms with van der Waals surface area (Å²) in [6.45, 7) is 4.51. The van der Waals surface area contributed by atoms with Crippen molar-refractivity contribution in [3.8, 4) is 33.9 Å². The predicted octanol–water partition coefficient (Wildman–Crippen LogP) is 8.17. The van der Waals surface area contributed by atoms with Crippen LogP contribution in [-0.2, 0) is 6.54 Å². The van der Waals surface area contributed by atoms with Gasteiger partial charge in [-0.1, -0.05) is 60.7 Å². The number of nitrogens with one attached hydrogen (secondary N) is 4. The minimum atomic E-state index is -0.367. The van der Waals surface area contributed by atoms with E-state index in [0.717, 1.165) is 74.5 Å². The summed E-state index contributed by atoms with van der Waals surface area (Å²) in [4.78, 5) is 25.9. The minimum absolute atomic E-state index is 0.349. The predicted molar refractivity (Wildman–Crippen MR) is 177 cm³/mol. The molecule has 8 rings (SSSR count). The Morgan fingerprint density at radius 1 is 0.689 bits per heavy atom. The monoisotopic (exact) mass is 594 g/mol. The average Bonchev–Trinajstić information content (AvgIpc) is 3.66. The molecule has 1 saturated carbocycles. The molecule has 0 spiro atoms. The SMILES string of the molecule is Cc1cc2c(NCc3ccccc3-c3ccc(F)c(-c4nc(NC5CC5)c5cc(C)[nH]c5n4)c3)nc(-c3ccccc3)nc2[nH]1. The van der Waals surface area contributed by atoms with Gasteiger partial charge in [0.1, 0.15) is 28.7 Å². The van der Waals surface area contributed by atoms with E-state index in [2.05, 4.69) is 38.8 Å². The standard InChI is InChI=1S/C36H31FN8/c1-20-16-28-32(42-31(43-34(28)39-20)22-8-4-3-5-9-22)38-19-24-10-6-7-11-26(24)23-12-15-30(37)27(18-23)33-44-35-29(17-21(2)40-35)36(45-33)41-25-13-14-25/h3-12,15-18,25H,13-14,19H2,1-2H3,(H2,38,39,42,43)(H2,40,41,44,45). The molecular weight excluding hydrogens is 563 g/mol. The Kier molecular flexibility index (Phi) is 6.52. The van der Waals surface area contributed by atoms with E-state index in [1.807, 2.05) is 74.5 Å². The van der Waals surface area contributed by atoms with Crippen LogP contribution >= 0.6 is 0 Å². The Balaban J connectivity index is 1.15. The van der Waals surface area contributed by atoms with Crippen molar-refractivity contribution in [3.05, 3.63) is 108 Å².